The second kappa shape index (κ2) is 14.6. The molecule has 1 unspecified atom stereocenters. The first-order chi connectivity index (χ1) is 19.5. The van der Waals surface area contributed by atoms with Crippen molar-refractivity contribution in [1.82, 2.24) is 35.1 Å². The van der Waals surface area contributed by atoms with Crippen LogP contribution in [0.25, 0.3) is 11.2 Å². The Morgan fingerprint density at radius 2 is 1.71 bits per heavy atom. The lowest BCUT2D eigenvalue weighted by atomic mass is 10.2. The van der Waals surface area contributed by atoms with Crippen LogP contribution in [0.15, 0.2) is 11.9 Å². The number of rotatable bonds is 15. The lowest BCUT2D eigenvalue weighted by Crippen LogP contribution is -2.41. The van der Waals surface area contributed by atoms with Crippen LogP contribution in [0.2, 0.25) is 0 Å². The Morgan fingerprint density at radius 3 is 2.27 bits per heavy atom. The Hall–Kier alpha value is -3.17. The van der Waals surface area contributed by atoms with Gasteiger partial charge in [-0.3, -0.25) is 14.2 Å². The molecule has 0 radical (unpaired) electrons. The van der Waals surface area contributed by atoms with E-state index in [0.29, 0.717) is 12.8 Å². The van der Waals surface area contributed by atoms with E-state index in [0.717, 1.165) is 12.8 Å². The number of fused-ring (bicyclic) bond motifs is 1. The molecule has 1 aliphatic rings. The average Bonchev–Trinajstić information content (AvgIpc) is 3.50. The molecule has 1 aliphatic heterocycles. The number of carbonyl (C=O) groups excluding carboxylic acids is 2. The van der Waals surface area contributed by atoms with Gasteiger partial charge in [0.25, 0.3) is 0 Å². The second-order valence-corrected chi connectivity index (χ2v) is 11.9. The summed E-state index contributed by atoms with van der Waals surface area (Å²) in [5, 5.41) is 24.2. The van der Waals surface area contributed by atoms with Gasteiger partial charge in [0.05, 0.1) is 19.3 Å². The highest BCUT2D eigenvalue weighted by Gasteiger charge is 2.37. The van der Waals surface area contributed by atoms with Crippen molar-refractivity contribution in [3.63, 3.8) is 0 Å². The fraction of sp³-hybridized carbons (Fsp3) is 0.667. The first-order valence-corrected chi connectivity index (χ1v) is 15.4. The van der Waals surface area contributed by atoms with Crippen LogP contribution in [0.3, 0.4) is 0 Å². The number of unbranched alkanes of at least 4 members (excludes halogenated alkanes) is 2. The third kappa shape index (κ3) is 8.66. The number of carbonyl (C=O) groups is 2. The number of nitrogens with one attached hydrogen (secondary N) is 2. The summed E-state index contributed by atoms with van der Waals surface area (Å²) < 4.78 is 31.7. The molecule has 6 atom stereocenters. The zero-order chi connectivity index (χ0) is 30.2. The van der Waals surface area contributed by atoms with Crippen molar-refractivity contribution >= 4 is 42.3 Å². The summed E-state index contributed by atoms with van der Waals surface area (Å²) in [7, 11) is -3.75. The number of esters is 2. The van der Waals surface area contributed by atoms with Crippen LogP contribution in [0.1, 0.15) is 66.0 Å². The zero-order valence-electron chi connectivity index (χ0n) is 23.7. The lowest BCUT2D eigenvalue weighted by Gasteiger charge is -2.24. The summed E-state index contributed by atoms with van der Waals surface area (Å²) >= 11 is 0. The quantitative estimate of drug-likeness (QED) is 0.111. The molecular weight excluding hydrogens is 557 g/mol. The maximum Gasteiger partial charge on any atom is 0.323 e. The number of hydrogen-bond acceptors (Lipinski definition) is 13. The second-order valence-electron chi connectivity index (χ2n) is 9.78. The largest absolute Gasteiger partial charge is 0.465 e. The van der Waals surface area contributed by atoms with E-state index in [4.69, 9.17) is 25.7 Å². The minimum Gasteiger partial charge on any atom is -0.465 e. The van der Waals surface area contributed by atoms with Gasteiger partial charge in [0.1, 0.15) is 18.2 Å². The standard InChI is InChI=1S/C24H40N9O7P/c1-5-7-10-38-22(35)14(3)30-41(37,31-15(4)23(36)39-11-8-6-2)12-9-16-13-17(34)21(40-16)33-20-18(29-32-33)19(25)27-24(26)28-20/h9,12,14-17,21,34H,5-8,10-11,13H2,1-4H3,(H2,30,31,37)(H4,25,26,27,28)/b12-9+/t14-,15+,16-,17-,21-,41?/m1/s1. The molecule has 0 aromatic carbocycles. The molecule has 228 valence electrons. The van der Waals surface area contributed by atoms with Gasteiger partial charge in [-0.1, -0.05) is 31.9 Å². The summed E-state index contributed by atoms with van der Waals surface area (Å²) in [6, 6.07) is -1.92. The van der Waals surface area contributed by atoms with Gasteiger partial charge in [0.2, 0.25) is 13.4 Å². The molecule has 0 amide bonds. The molecule has 7 N–H and O–H groups in total. The van der Waals surface area contributed by atoms with Crippen LogP contribution < -0.4 is 21.6 Å². The van der Waals surface area contributed by atoms with E-state index in [-0.39, 0.29) is 42.6 Å². The molecular formula is C24H40N9O7P. The fourth-order valence-corrected chi connectivity index (χ4v) is 6.01. The Balaban J connectivity index is 1.77. The molecule has 17 heteroatoms. The Morgan fingerprint density at radius 1 is 1.12 bits per heavy atom. The van der Waals surface area contributed by atoms with Crippen molar-refractivity contribution in [3.8, 4) is 0 Å². The Bertz CT molecular complexity index is 1240. The average molecular weight is 598 g/mol. The first kappa shape index (κ1) is 32.3. The number of hydrogen-bond donors (Lipinski definition) is 5. The van der Waals surface area contributed by atoms with E-state index in [1.165, 1.54) is 30.4 Å². The van der Waals surface area contributed by atoms with Gasteiger partial charge in [0, 0.05) is 12.2 Å². The Labute approximate surface area is 238 Å². The van der Waals surface area contributed by atoms with Crippen molar-refractivity contribution in [2.24, 2.45) is 0 Å². The van der Waals surface area contributed by atoms with E-state index >= 15 is 0 Å². The molecule has 0 bridgehead atoms. The topological polar surface area (TPSA) is 232 Å². The SMILES string of the molecule is CCCCOC(=O)[C@H](C)NP(=O)(/C=C/[C@@H]1C[C@@H](O)[C@H](n2nnc3c(N)nc(N)nc32)O1)N[C@H](C)C(=O)OCCCC. The van der Waals surface area contributed by atoms with Crippen LogP contribution in [-0.2, 0) is 28.4 Å². The monoisotopic (exact) mass is 597 g/mol. The number of aromatic nitrogens is 5. The van der Waals surface area contributed by atoms with Gasteiger partial charge in [-0.05, 0) is 32.8 Å². The first-order valence-electron chi connectivity index (χ1n) is 13.6. The molecule has 3 heterocycles. The zero-order valence-corrected chi connectivity index (χ0v) is 24.6. The predicted octanol–water partition coefficient (Wildman–Crippen LogP) is 1.38. The summed E-state index contributed by atoms with van der Waals surface area (Å²) in [6.45, 7) is 7.45. The van der Waals surface area contributed by atoms with E-state index in [9.17, 15) is 19.3 Å². The summed E-state index contributed by atoms with van der Waals surface area (Å²) in [4.78, 5) is 32.9. The number of ether oxygens (including phenoxy) is 3. The van der Waals surface area contributed by atoms with Crippen molar-refractivity contribution in [2.75, 3.05) is 24.7 Å². The number of nitrogen functional groups attached to an aromatic ring is 2. The molecule has 41 heavy (non-hydrogen) atoms. The smallest absolute Gasteiger partial charge is 0.323 e. The highest BCUT2D eigenvalue weighted by molar-refractivity contribution is 7.63. The van der Waals surface area contributed by atoms with Crippen LogP contribution in [0.5, 0.6) is 0 Å². The minimum atomic E-state index is -3.75. The highest BCUT2D eigenvalue weighted by atomic mass is 31.2. The van der Waals surface area contributed by atoms with Gasteiger partial charge in [-0.2, -0.15) is 14.6 Å². The number of nitrogens with two attached hydrogens (primary N) is 2. The number of anilines is 2. The molecule has 16 nitrogen and oxygen atoms in total. The third-order valence-corrected chi connectivity index (χ3v) is 8.33. The number of aliphatic hydroxyl groups excluding tert-OH is 1. The molecule has 3 rings (SSSR count). The van der Waals surface area contributed by atoms with Crippen molar-refractivity contribution < 1.29 is 33.5 Å². The van der Waals surface area contributed by atoms with Crippen LogP contribution >= 0.6 is 7.44 Å². The molecule has 0 spiro atoms. The normalized spacial score (nSPS) is 22.0. The molecule has 2 aromatic heterocycles. The highest BCUT2D eigenvalue weighted by Crippen LogP contribution is 2.41. The van der Waals surface area contributed by atoms with Crippen molar-refractivity contribution in [3.05, 3.63) is 11.9 Å². The van der Waals surface area contributed by atoms with Crippen molar-refractivity contribution in [1.29, 1.82) is 0 Å². The number of aliphatic hydroxyl groups is 1. The Kier molecular flexibility index (Phi) is 11.5. The maximum atomic E-state index is 14.0. The molecule has 0 aliphatic carbocycles. The van der Waals surface area contributed by atoms with Crippen LogP contribution in [0.4, 0.5) is 11.8 Å². The summed E-state index contributed by atoms with van der Waals surface area (Å²) in [6.07, 6.45) is 1.93. The van der Waals surface area contributed by atoms with Gasteiger partial charge >= 0.3 is 11.9 Å². The summed E-state index contributed by atoms with van der Waals surface area (Å²) in [5.41, 5.74) is 11.9. The maximum absolute atomic E-state index is 14.0. The molecule has 1 saturated heterocycles. The van der Waals surface area contributed by atoms with E-state index in [1.807, 2.05) is 13.8 Å². The molecule has 2 aromatic rings. The molecule has 0 saturated carbocycles. The van der Waals surface area contributed by atoms with E-state index in [2.05, 4.69) is 30.5 Å². The van der Waals surface area contributed by atoms with Crippen LogP contribution in [-0.4, -0.2) is 79.5 Å². The van der Waals surface area contributed by atoms with Gasteiger partial charge in [0.15, 0.2) is 23.2 Å². The third-order valence-electron chi connectivity index (χ3n) is 6.20. The number of nitrogens with zero attached hydrogens (tertiary/aromatic N) is 5. The summed E-state index contributed by atoms with van der Waals surface area (Å²) in [5.74, 6) is 0.0721. The van der Waals surface area contributed by atoms with Gasteiger partial charge < -0.3 is 30.8 Å². The lowest BCUT2D eigenvalue weighted by molar-refractivity contribution is -0.145. The van der Waals surface area contributed by atoms with E-state index in [1.54, 1.807) is 0 Å². The van der Waals surface area contributed by atoms with E-state index < -0.39 is 49.9 Å². The van der Waals surface area contributed by atoms with Gasteiger partial charge in [-0.25, -0.2) is 10.2 Å². The molecule has 1 fully saturated rings. The van der Waals surface area contributed by atoms with Crippen molar-refractivity contribution in [2.45, 2.75) is 90.3 Å². The van der Waals surface area contributed by atoms with Gasteiger partial charge in [-0.15, -0.1) is 5.10 Å². The fourth-order valence-electron chi connectivity index (χ4n) is 3.97. The van der Waals surface area contributed by atoms with Crippen LogP contribution in [0, 0.1) is 0 Å². The minimum absolute atomic E-state index is 0.0328. The predicted molar refractivity (Wildman–Crippen MR) is 150 cm³/mol.